The fourth-order valence-corrected chi connectivity index (χ4v) is 8.19. The van der Waals surface area contributed by atoms with Crippen LogP contribution in [0.4, 0.5) is 0 Å². The summed E-state index contributed by atoms with van der Waals surface area (Å²) in [5.41, 5.74) is 6.79. The number of aromatic nitrogens is 3. The first-order valence-corrected chi connectivity index (χ1v) is 19.5. The van der Waals surface area contributed by atoms with Crippen LogP contribution >= 0.6 is 23.2 Å². The van der Waals surface area contributed by atoms with E-state index in [1.165, 1.54) is 13.0 Å². The Morgan fingerprint density at radius 1 is 1.02 bits per heavy atom. The summed E-state index contributed by atoms with van der Waals surface area (Å²) in [6, 6.07) is 16.2. The van der Waals surface area contributed by atoms with Crippen molar-refractivity contribution in [3.63, 3.8) is 0 Å². The van der Waals surface area contributed by atoms with Crippen molar-refractivity contribution in [2.45, 2.75) is 70.9 Å². The summed E-state index contributed by atoms with van der Waals surface area (Å²) >= 11 is 13.6. The third-order valence-electron chi connectivity index (χ3n) is 10.7. The fourth-order valence-electron chi connectivity index (χ4n) is 7.69. The van der Waals surface area contributed by atoms with Gasteiger partial charge < -0.3 is 44.8 Å². The maximum Gasteiger partial charge on any atom is 0.305 e. The van der Waals surface area contributed by atoms with Gasteiger partial charge in [-0.25, -0.2) is 4.98 Å². The van der Waals surface area contributed by atoms with Gasteiger partial charge in [0, 0.05) is 35.4 Å². The van der Waals surface area contributed by atoms with Crippen molar-refractivity contribution < 1.29 is 37.8 Å². The first kappa shape index (κ1) is 39.0. The molecule has 6 aromatic rings. The first-order valence-electron chi connectivity index (χ1n) is 18.8. The molecule has 5 atom stereocenters. The Morgan fingerprint density at radius 3 is 2.50 bits per heavy atom. The van der Waals surface area contributed by atoms with E-state index < -0.39 is 47.6 Å². The Labute approximate surface area is 342 Å². The van der Waals surface area contributed by atoms with Crippen molar-refractivity contribution in [3.8, 4) is 34.4 Å². The molecule has 0 fully saturated rings. The van der Waals surface area contributed by atoms with E-state index in [1.807, 2.05) is 52.0 Å². The number of fused-ring (bicyclic) bond motifs is 9. The topological polar surface area (TPSA) is 208 Å². The van der Waals surface area contributed by atoms with Gasteiger partial charge in [0.05, 0.1) is 11.6 Å². The number of H-pyrrole nitrogens is 1. The third-order valence-corrected chi connectivity index (χ3v) is 11.2. The van der Waals surface area contributed by atoms with Crippen molar-refractivity contribution in [3.05, 3.63) is 105 Å². The number of nitrogens with two attached hydrogens (primary N) is 1. The van der Waals surface area contributed by atoms with E-state index in [-0.39, 0.29) is 68.9 Å². The second-order valence-electron chi connectivity index (χ2n) is 15.2. The number of benzene rings is 3. The molecule has 0 aliphatic carbocycles. The molecule has 300 valence electrons. The highest BCUT2D eigenvalue weighted by Gasteiger charge is 2.60. The zero-order chi connectivity index (χ0) is 41.2. The number of aromatic hydroxyl groups is 1. The predicted molar refractivity (Wildman–Crippen MR) is 214 cm³/mol. The lowest BCUT2D eigenvalue weighted by Gasteiger charge is -2.33. The minimum Gasteiger partial charge on any atom is -0.508 e. The Balaban J connectivity index is 1.43. The number of esters is 1. The van der Waals surface area contributed by atoms with Crippen LogP contribution < -0.4 is 21.1 Å². The number of hydrogen-bond donors (Lipinski definition) is 5. The quantitative estimate of drug-likeness (QED) is 0.104. The molecule has 6 N–H and O–H groups in total. The van der Waals surface area contributed by atoms with Crippen LogP contribution in [0.25, 0.3) is 33.8 Å². The molecule has 0 radical (unpaired) electrons. The summed E-state index contributed by atoms with van der Waals surface area (Å²) in [5, 5.41) is 18.8. The smallest absolute Gasteiger partial charge is 0.305 e. The summed E-state index contributed by atoms with van der Waals surface area (Å²) in [6.45, 7) is 8.58. The second-order valence-corrected chi connectivity index (χ2v) is 15.9. The van der Waals surface area contributed by atoms with E-state index >= 15 is 0 Å². The zero-order valence-corrected chi connectivity index (χ0v) is 33.6. The molecule has 0 saturated carbocycles. The van der Waals surface area contributed by atoms with Crippen LogP contribution in [0.3, 0.4) is 0 Å². The van der Waals surface area contributed by atoms with Crippen LogP contribution in [0.1, 0.15) is 69.0 Å². The van der Waals surface area contributed by atoms with Crippen molar-refractivity contribution in [2.75, 3.05) is 0 Å². The molecule has 0 saturated heterocycles. The zero-order valence-electron chi connectivity index (χ0n) is 32.1. The average Bonchev–Trinajstić information content (AvgIpc) is 3.94. The SMILES string of the molecule is CC(=O)OC1Oc2ccccc2C12c1cc(ccc1O)C[C@H](NC(=O)C(N)C(C)C)C(=O)N[C@@H](C(C)C)c1nc(-c3nc(Cl)c(-c4c(Cl)[nH]c5ccccc45)o3)c2o1. The summed E-state index contributed by atoms with van der Waals surface area (Å²) in [4.78, 5) is 53.4. The van der Waals surface area contributed by atoms with Gasteiger partial charge in [0.1, 0.15) is 28.7 Å². The van der Waals surface area contributed by atoms with Gasteiger partial charge in [-0.15, -0.1) is 0 Å². The van der Waals surface area contributed by atoms with E-state index in [2.05, 4.69) is 20.6 Å². The molecule has 14 nitrogen and oxygen atoms in total. The molecule has 2 amide bonds. The van der Waals surface area contributed by atoms with Crippen LogP contribution in [0, 0.1) is 11.8 Å². The van der Waals surface area contributed by atoms with Crippen LogP contribution in [-0.4, -0.2) is 56.2 Å². The molecule has 1 spiro atoms. The van der Waals surface area contributed by atoms with Gasteiger partial charge >= 0.3 is 5.97 Å². The molecule has 3 aromatic carbocycles. The van der Waals surface area contributed by atoms with Gasteiger partial charge in [-0.05, 0) is 35.6 Å². The Kier molecular flexibility index (Phi) is 9.98. The molecule has 3 aromatic heterocycles. The van der Waals surface area contributed by atoms with E-state index in [0.29, 0.717) is 22.4 Å². The van der Waals surface area contributed by atoms with Gasteiger partial charge in [-0.2, -0.15) is 4.98 Å². The minimum absolute atomic E-state index is 0.00766. The minimum atomic E-state index is -1.79. The number of para-hydroxylation sites is 2. The summed E-state index contributed by atoms with van der Waals surface area (Å²) < 4.78 is 25.8. The summed E-state index contributed by atoms with van der Waals surface area (Å²) in [6.07, 6.45) is -1.49. The van der Waals surface area contributed by atoms with Crippen LogP contribution in [0.5, 0.6) is 11.5 Å². The first-order chi connectivity index (χ1) is 27.7. The largest absolute Gasteiger partial charge is 0.508 e. The number of ether oxygens (including phenoxy) is 2. The number of nitrogens with zero attached hydrogens (tertiary/aromatic N) is 2. The lowest BCUT2D eigenvalue weighted by molar-refractivity contribution is -0.164. The van der Waals surface area contributed by atoms with Crippen molar-refractivity contribution in [1.82, 2.24) is 25.6 Å². The number of carbonyl (C=O) groups is 3. The van der Waals surface area contributed by atoms with Gasteiger partial charge in [-0.1, -0.05) is 99.4 Å². The number of phenolic OH excluding ortho intramolecular Hbond substituents is 1. The number of nitrogens with one attached hydrogen (secondary N) is 3. The fraction of sp³-hybridized carbons (Fsp3) is 0.310. The molecule has 2 aliphatic heterocycles. The van der Waals surface area contributed by atoms with Crippen molar-refractivity contribution >= 4 is 51.9 Å². The van der Waals surface area contributed by atoms with E-state index in [0.717, 1.165) is 10.9 Å². The van der Waals surface area contributed by atoms with Crippen LogP contribution in [0.15, 0.2) is 75.6 Å². The molecule has 4 bridgehead atoms. The number of halogens is 2. The standard InChI is InChI=1S/C42H40Cl2N6O8/c1-18(2)30(45)38(54)47-26-17-21-14-15-27(52)24(16-21)42(23-11-7-9-13-28(23)56-41(42)55-20(5)51)34-32(49-39(58-34)31(19(3)4)48-37(26)53)40-50-36(44)33(57-40)29-22-10-6-8-12-25(22)46-35(29)43/h6-16,18-19,26,30-31,41,46,52H,17,45H2,1-5H3,(H,47,54)(H,48,53)/t26-,30?,31-,41?,42?/m0/s1. The van der Waals surface area contributed by atoms with Crippen molar-refractivity contribution in [1.29, 1.82) is 0 Å². The van der Waals surface area contributed by atoms with Gasteiger partial charge in [0.15, 0.2) is 27.8 Å². The molecule has 3 unspecified atom stereocenters. The maximum atomic E-state index is 14.3. The highest BCUT2D eigenvalue weighted by Crippen LogP contribution is 2.57. The second kappa shape index (κ2) is 14.8. The molecule has 8 rings (SSSR count). The summed E-state index contributed by atoms with van der Waals surface area (Å²) in [5.74, 6) is -2.13. The normalized spacial score (nSPS) is 20.7. The average molecular weight is 828 g/mol. The third kappa shape index (κ3) is 6.45. The highest BCUT2D eigenvalue weighted by molar-refractivity contribution is 6.37. The Morgan fingerprint density at radius 2 is 1.76 bits per heavy atom. The lowest BCUT2D eigenvalue weighted by Crippen LogP contribution is -2.54. The van der Waals surface area contributed by atoms with Gasteiger partial charge in [-0.3, -0.25) is 14.4 Å². The van der Waals surface area contributed by atoms with Gasteiger partial charge in [0.2, 0.25) is 17.7 Å². The number of oxazole rings is 2. The Bertz CT molecular complexity index is 2600. The molecule has 16 heteroatoms. The van der Waals surface area contributed by atoms with E-state index in [1.54, 1.807) is 36.4 Å². The van der Waals surface area contributed by atoms with E-state index in [9.17, 15) is 19.5 Å². The number of aromatic amines is 1. The number of carbonyl (C=O) groups excluding carboxylic acids is 3. The highest BCUT2D eigenvalue weighted by atomic mass is 35.5. The number of phenols is 1. The number of hydrogen-bond acceptors (Lipinski definition) is 11. The van der Waals surface area contributed by atoms with Crippen LogP contribution in [0.2, 0.25) is 10.3 Å². The monoisotopic (exact) mass is 826 g/mol. The molecule has 5 heterocycles. The Hall–Kier alpha value is -5.83. The molecular formula is C42H40Cl2N6O8. The molecule has 58 heavy (non-hydrogen) atoms. The number of amides is 2. The maximum absolute atomic E-state index is 14.3. The predicted octanol–water partition coefficient (Wildman–Crippen LogP) is 6.94. The molecular weight excluding hydrogens is 787 g/mol. The van der Waals surface area contributed by atoms with Gasteiger partial charge in [0.25, 0.3) is 12.2 Å². The van der Waals surface area contributed by atoms with Crippen molar-refractivity contribution in [2.24, 2.45) is 17.6 Å². The lowest BCUT2D eigenvalue weighted by atomic mass is 9.71. The number of rotatable bonds is 7. The van der Waals surface area contributed by atoms with Crippen LogP contribution in [-0.2, 0) is 31.0 Å². The van der Waals surface area contributed by atoms with E-state index in [4.69, 9.17) is 52.2 Å². The summed E-state index contributed by atoms with van der Waals surface area (Å²) in [7, 11) is 0. The molecule has 2 aliphatic rings.